The fourth-order valence-electron chi connectivity index (χ4n) is 3.01. The molecule has 0 amide bonds. The third-order valence-corrected chi connectivity index (χ3v) is 4.91. The fourth-order valence-corrected chi connectivity index (χ4v) is 3.24. The molecule has 150 valence electrons. The Balaban J connectivity index is 1.66. The number of rotatable bonds is 8. The normalized spacial score (nSPS) is 14.6. The van der Waals surface area contributed by atoms with E-state index in [1.807, 2.05) is 0 Å². The maximum absolute atomic E-state index is 11.4. The predicted octanol–water partition coefficient (Wildman–Crippen LogP) is 3.69. The van der Waals surface area contributed by atoms with Crippen molar-refractivity contribution in [1.29, 1.82) is 5.26 Å². The van der Waals surface area contributed by atoms with Crippen molar-refractivity contribution in [1.82, 2.24) is 9.88 Å². The third kappa shape index (κ3) is 6.13. The summed E-state index contributed by atoms with van der Waals surface area (Å²) in [5.74, 6) is 0.504. The maximum Gasteiger partial charge on any atom is 0.153 e. The van der Waals surface area contributed by atoms with Crippen molar-refractivity contribution in [2.24, 2.45) is 0 Å². The standard InChI is InChI=1S/C22H22ClN3O3/c23-21-13-19(16-27)22(29-9-1-6-26-7-10-28-11-8-26)14-18(21)2-3-20-12-17(15-24)4-5-25-20/h2-5,12-14,16H,1,6-11H2/b3-2+. The van der Waals surface area contributed by atoms with E-state index >= 15 is 0 Å². The second-order valence-corrected chi connectivity index (χ2v) is 7.01. The molecule has 0 spiro atoms. The maximum atomic E-state index is 11.4. The second kappa shape index (κ2) is 10.7. The van der Waals surface area contributed by atoms with Gasteiger partial charge in [-0.05, 0) is 42.3 Å². The van der Waals surface area contributed by atoms with Crippen LogP contribution in [0.4, 0.5) is 0 Å². The van der Waals surface area contributed by atoms with Crippen molar-refractivity contribution in [2.45, 2.75) is 6.42 Å². The van der Waals surface area contributed by atoms with Gasteiger partial charge in [0, 0.05) is 30.9 Å². The number of halogens is 1. The van der Waals surface area contributed by atoms with E-state index in [1.54, 1.807) is 42.6 Å². The van der Waals surface area contributed by atoms with E-state index in [2.05, 4.69) is 16.0 Å². The van der Waals surface area contributed by atoms with Gasteiger partial charge in [0.15, 0.2) is 6.29 Å². The van der Waals surface area contributed by atoms with Crippen LogP contribution in [0.3, 0.4) is 0 Å². The largest absolute Gasteiger partial charge is 0.493 e. The smallest absolute Gasteiger partial charge is 0.153 e. The number of carbonyl (C=O) groups excluding carboxylic acids is 1. The van der Waals surface area contributed by atoms with Crippen LogP contribution < -0.4 is 4.74 Å². The molecular weight excluding hydrogens is 390 g/mol. The van der Waals surface area contributed by atoms with Crippen LogP contribution >= 0.6 is 11.6 Å². The van der Waals surface area contributed by atoms with Crippen LogP contribution in [0.2, 0.25) is 5.02 Å². The predicted molar refractivity (Wildman–Crippen MR) is 112 cm³/mol. The van der Waals surface area contributed by atoms with Crippen molar-refractivity contribution < 1.29 is 14.3 Å². The van der Waals surface area contributed by atoms with Gasteiger partial charge in [-0.15, -0.1) is 0 Å². The summed E-state index contributed by atoms with van der Waals surface area (Å²) in [5.41, 5.74) is 2.31. The minimum absolute atomic E-state index is 0.420. The van der Waals surface area contributed by atoms with E-state index in [-0.39, 0.29) is 0 Å². The van der Waals surface area contributed by atoms with E-state index in [4.69, 9.17) is 26.3 Å². The Hall–Kier alpha value is -2.72. The zero-order chi connectivity index (χ0) is 20.5. The molecule has 0 radical (unpaired) electrons. The van der Waals surface area contributed by atoms with E-state index in [1.165, 1.54) is 0 Å². The van der Waals surface area contributed by atoms with Crippen LogP contribution in [0.15, 0.2) is 30.5 Å². The highest BCUT2D eigenvalue weighted by Crippen LogP contribution is 2.28. The Kier molecular flexibility index (Phi) is 7.77. The third-order valence-electron chi connectivity index (χ3n) is 4.58. The molecule has 0 saturated carbocycles. The molecule has 2 aromatic rings. The zero-order valence-corrected chi connectivity index (χ0v) is 16.8. The molecule has 2 heterocycles. The summed E-state index contributed by atoms with van der Waals surface area (Å²) in [7, 11) is 0. The average molecular weight is 412 g/mol. The summed E-state index contributed by atoms with van der Waals surface area (Å²) in [6.45, 7) is 4.87. The minimum Gasteiger partial charge on any atom is -0.493 e. The summed E-state index contributed by atoms with van der Waals surface area (Å²) in [4.78, 5) is 18.0. The number of ether oxygens (including phenoxy) is 2. The Labute approximate surface area is 175 Å². The molecule has 1 aromatic heterocycles. The number of carbonyl (C=O) groups is 1. The van der Waals surface area contributed by atoms with Crippen molar-refractivity contribution in [3.8, 4) is 11.8 Å². The van der Waals surface area contributed by atoms with Crippen molar-refractivity contribution in [3.05, 3.63) is 57.9 Å². The molecule has 29 heavy (non-hydrogen) atoms. The summed E-state index contributed by atoms with van der Waals surface area (Å²) < 4.78 is 11.2. The van der Waals surface area contributed by atoms with E-state index in [0.717, 1.165) is 45.6 Å². The van der Waals surface area contributed by atoms with Gasteiger partial charge in [0.25, 0.3) is 0 Å². The number of morpholine rings is 1. The lowest BCUT2D eigenvalue weighted by Crippen LogP contribution is -2.37. The molecule has 0 bridgehead atoms. The second-order valence-electron chi connectivity index (χ2n) is 6.60. The lowest BCUT2D eigenvalue weighted by molar-refractivity contribution is 0.0358. The minimum atomic E-state index is 0.420. The van der Waals surface area contributed by atoms with Crippen LogP contribution in [0, 0.1) is 11.3 Å². The van der Waals surface area contributed by atoms with Gasteiger partial charge in [-0.2, -0.15) is 5.26 Å². The van der Waals surface area contributed by atoms with Gasteiger partial charge >= 0.3 is 0 Å². The first kappa shape index (κ1) is 21.0. The van der Waals surface area contributed by atoms with Gasteiger partial charge < -0.3 is 9.47 Å². The van der Waals surface area contributed by atoms with Gasteiger partial charge in [0.1, 0.15) is 5.75 Å². The first-order valence-electron chi connectivity index (χ1n) is 9.45. The topological polar surface area (TPSA) is 75.4 Å². The summed E-state index contributed by atoms with van der Waals surface area (Å²) >= 11 is 6.31. The molecular formula is C22H22ClN3O3. The molecule has 1 saturated heterocycles. The lowest BCUT2D eigenvalue weighted by Gasteiger charge is -2.26. The van der Waals surface area contributed by atoms with Crippen LogP contribution in [0.5, 0.6) is 5.75 Å². The van der Waals surface area contributed by atoms with E-state index in [9.17, 15) is 4.79 Å². The highest BCUT2D eigenvalue weighted by atomic mass is 35.5. The van der Waals surface area contributed by atoms with Crippen LogP contribution in [-0.4, -0.2) is 55.6 Å². The fraction of sp³-hybridized carbons (Fsp3) is 0.318. The summed E-state index contributed by atoms with van der Waals surface area (Å²) in [6.07, 6.45) is 6.75. The SMILES string of the molecule is N#Cc1ccnc(/C=C/c2cc(OCCCN3CCOCC3)c(C=O)cc2Cl)c1. The number of pyridine rings is 1. The summed E-state index contributed by atoms with van der Waals surface area (Å²) in [5, 5.41) is 9.43. The molecule has 1 aliphatic rings. The Bertz CT molecular complexity index is 918. The van der Waals surface area contributed by atoms with Gasteiger partial charge in [0.2, 0.25) is 0 Å². The van der Waals surface area contributed by atoms with Crippen LogP contribution in [0.1, 0.15) is 33.6 Å². The van der Waals surface area contributed by atoms with E-state index < -0.39 is 0 Å². The van der Waals surface area contributed by atoms with Crippen LogP contribution in [0.25, 0.3) is 12.2 Å². The Morgan fingerprint density at radius 2 is 2.07 bits per heavy atom. The molecule has 0 aliphatic carbocycles. The quantitative estimate of drug-likeness (QED) is 0.487. The Morgan fingerprint density at radius 3 is 2.83 bits per heavy atom. The van der Waals surface area contributed by atoms with Gasteiger partial charge in [0.05, 0.1) is 42.7 Å². The average Bonchev–Trinajstić information content (AvgIpc) is 2.77. The molecule has 0 N–H and O–H groups in total. The summed E-state index contributed by atoms with van der Waals surface area (Å²) in [6, 6.07) is 8.77. The van der Waals surface area contributed by atoms with Gasteiger partial charge in [-0.3, -0.25) is 14.7 Å². The molecule has 0 atom stereocenters. The number of benzene rings is 1. The van der Waals surface area contributed by atoms with Gasteiger partial charge in [-0.25, -0.2) is 0 Å². The number of aldehydes is 1. The molecule has 3 rings (SSSR count). The highest BCUT2D eigenvalue weighted by molar-refractivity contribution is 6.32. The van der Waals surface area contributed by atoms with E-state index in [0.29, 0.717) is 39.8 Å². The number of aromatic nitrogens is 1. The van der Waals surface area contributed by atoms with Crippen molar-refractivity contribution >= 4 is 30.0 Å². The first-order valence-corrected chi connectivity index (χ1v) is 9.83. The molecule has 1 aliphatic heterocycles. The number of hydrogen-bond acceptors (Lipinski definition) is 6. The lowest BCUT2D eigenvalue weighted by atomic mass is 10.1. The molecule has 6 nitrogen and oxygen atoms in total. The molecule has 1 aromatic carbocycles. The number of nitrogens with zero attached hydrogens (tertiary/aromatic N) is 3. The van der Waals surface area contributed by atoms with Crippen LogP contribution in [-0.2, 0) is 4.74 Å². The number of nitriles is 1. The van der Waals surface area contributed by atoms with Crippen molar-refractivity contribution in [3.63, 3.8) is 0 Å². The number of hydrogen-bond donors (Lipinski definition) is 0. The van der Waals surface area contributed by atoms with Gasteiger partial charge in [-0.1, -0.05) is 17.7 Å². The molecule has 0 unspecified atom stereocenters. The first-order chi connectivity index (χ1) is 14.2. The molecule has 1 fully saturated rings. The molecule has 7 heteroatoms. The van der Waals surface area contributed by atoms with Crippen molar-refractivity contribution in [2.75, 3.05) is 39.5 Å². The highest BCUT2D eigenvalue weighted by Gasteiger charge is 2.11. The Morgan fingerprint density at radius 1 is 1.24 bits per heavy atom. The zero-order valence-electron chi connectivity index (χ0n) is 16.0. The monoisotopic (exact) mass is 411 g/mol.